The zero-order valence-electron chi connectivity index (χ0n) is 25.4. The van der Waals surface area contributed by atoms with Gasteiger partial charge in [-0.25, -0.2) is 4.79 Å². The largest absolute Gasteiger partial charge is 0.487 e. The van der Waals surface area contributed by atoms with Crippen LogP contribution >= 0.6 is 11.6 Å². The highest BCUT2D eigenvalue weighted by Crippen LogP contribution is 2.45. The minimum Gasteiger partial charge on any atom is -0.487 e. The molecule has 0 aromatic heterocycles. The average molecular weight is 634 g/mol. The zero-order valence-corrected chi connectivity index (χ0v) is 27.0. The Labute approximate surface area is 261 Å². The summed E-state index contributed by atoms with van der Waals surface area (Å²) in [5, 5.41) is 0.731. The molecule has 2 saturated carbocycles. The van der Waals surface area contributed by atoms with Gasteiger partial charge in [0, 0.05) is 25.2 Å². The van der Waals surface area contributed by atoms with Crippen LogP contribution in [0.2, 0.25) is 5.02 Å². The molecule has 236 valence electrons. The molecule has 0 bridgehead atoms. The van der Waals surface area contributed by atoms with E-state index in [2.05, 4.69) is 4.90 Å². The van der Waals surface area contributed by atoms with E-state index in [4.69, 9.17) is 30.0 Å². The van der Waals surface area contributed by atoms with Gasteiger partial charge in [-0.05, 0) is 111 Å². The Kier molecular flexibility index (Phi) is 10.6. The van der Waals surface area contributed by atoms with Gasteiger partial charge in [-0.2, -0.15) is 8.42 Å². The molecular weight excluding hydrogens is 590 g/mol. The zero-order chi connectivity index (χ0) is 30.6. The first kappa shape index (κ1) is 32.1. The van der Waals surface area contributed by atoms with Crippen LogP contribution < -0.4 is 9.64 Å². The third-order valence-electron chi connectivity index (χ3n) is 9.46. The van der Waals surface area contributed by atoms with Crippen LogP contribution in [0.5, 0.6) is 5.75 Å². The third-order valence-corrected chi connectivity index (χ3v) is 10.3. The van der Waals surface area contributed by atoms with Gasteiger partial charge in [0.05, 0.1) is 36.8 Å². The molecule has 10 heteroatoms. The molecule has 0 spiro atoms. The molecule has 5 atom stereocenters. The van der Waals surface area contributed by atoms with E-state index in [0.29, 0.717) is 30.4 Å². The summed E-state index contributed by atoms with van der Waals surface area (Å²) in [6, 6.07) is 11.5. The van der Waals surface area contributed by atoms with Crippen LogP contribution in [-0.4, -0.2) is 60.2 Å². The number of hydrogen-bond donors (Lipinski definition) is 0. The van der Waals surface area contributed by atoms with E-state index in [-0.39, 0.29) is 24.1 Å². The Morgan fingerprint density at radius 3 is 2.60 bits per heavy atom. The lowest BCUT2D eigenvalue weighted by Gasteiger charge is -2.47. The second-order valence-electron chi connectivity index (χ2n) is 12.3. The molecule has 2 fully saturated rings. The van der Waals surface area contributed by atoms with Crippen LogP contribution in [0.25, 0.3) is 0 Å². The average Bonchev–Trinajstić information content (AvgIpc) is 2.99. The number of anilines is 1. The molecule has 0 amide bonds. The minimum atomic E-state index is -3.49. The predicted octanol–water partition coefficient (Wildman–Crippen LogP) is 6.42. The first-order valence-electron chi connectivity index (χ1n) is 15.4. The SMILES string of the molecule is COC(=O)c1ccc2c(c1)N(C[C@@H]1CC[C@H]1[C@@H](OC)[C@H]1CCC[C@H](OS(C)(=O)=O)C1)CCCCc1cc(Cl)ccc1CO2. The van der Waals surface area contributed by atoms with Gasteiger partial charge in [0.1, 0.15) is 12.4 Å². The van der Waals surface area contributed by atoms with Crippen molar-refractivity contribution in [3.8, 4) is 5.75 Å². The summed E-state index contributed by atoms with van der Waals surface area (Å²) < 4.78 is 46.6. The van der Waals surface area contributed by atoms with E-state index < -0.39 is 10.1 Å². The van der Waals surface area contributed by atoms with E-state index in [9.17, 15) is 13.2 Å². The second-order valence-corrected chi connectivity index (χ2v) is 14.4. The highest BCUT2D eigenvalue weighted by atomic mass is 35.5. The quantitative estimate of drug-likeness (QED) is 0.243. The molecule has 1 aliphatic heterocycles. The van der Waals surface area contributed by atoms with E-state index in [0.717, 1.165) is 92.7 Å². The fourth-order valence-electron chi connectivity index (χ4n) is 7.25. The van der Waals surface area contributed by atoms with Gasteiger partial charge in [-0.1, -0.05) is 24.1 Å². The summed E-state index contributed by atoms with van der Waals surface area (Å²) >= 11 is 6.33. The monoisotopic (exact) mass is 633 g/mol. The van der Waals surface area contributed by atoms with Gasteiger partial charge in [-0.15, -0.1) is 0 Å². The summed E-state index contributed by atoms with van der Waals surface area (Å²) in [6.45, 7) is 2.06. The van der Waals surface area contributed by atoms with Gasteiger partial charge in [-0.3, -0.25) is 4.18 Å². The second kappa shape index (κ2) is 14.2. The molecular formula is C33H44ClNO7S. The molecule has 0 unspecified atom stereocenters. The number of hydrogen-bond acceptors (Lipinski definition) is 8. The van der Waals surface area contributed by atoms with Crippen LogP contribution in [0.3, 0.4) is 0 Å². The molecule has 2 aromatic rings. The van der Waals surface area contributed by atoms with Crippen LogP contribution in [0, 0.1) is 17.8 Å². The summed E-state index contributed by atoms with van der Waals surface area (Å²) in [5.41, 5.74) is 3.73. The van der Waals surface area contributed by atoms with Gasteiger partial charge in [0.2, 0.25) is 0 Å². The van der Waals surface area contributed by atoms with Gasteiger partial charge in [0.25, 0.3) is 10.1 Å². The Hall–Kier alpha value is -2.33. The van der Waals surface area contributed by atoms with Crippen molar-refractivity contribution >= 4 is 33.4 Å². The maximum Gasteiger partial charge on any atom is 0.337 e. The lowest BCUT2D eigenvalue weighted by atomic mass is 9.65. The number of halogens is 1. The molecule has 5 rings (SSSR count). The molecule has 0 saturated heterocycles. The number of carbonyl (C=O) groups excluding carboxylic acids is 1. The van der Waals surface area contributed by atoms with Crippen molar-refractivity contribution in [2.45, 2.75) is 76.6 Å². The number of esters is 1. The highest BCUT2D eigenvalue weighted by molar-refractivity contribution is 7.86. The Balaban J connectivity index is 1.37. The van der Waals surface area contributed by atoms with Crippen LogP contribution in [0.4, 0.5) is 5.69 Å². The normalized spacial score (nSPS) is 25.3. The first-order valence-corrected chi connectivity index (χ1v) is 17.6. The Bertz CT molecular complexity index is 1380. The fourth-order valence-corrected chi connectivity index (χ4v) is 8.11. The lowest BCUT2D eigenvalue weighted by Crippen LogP contribution is -2.48. The molecule has 1 heterocycles. The molecule has 3 aliphatic rings. The van der Waals surface area contributed by atoms with Gasteiger partial charge in [0.15, 0.2) is 0 Å². The molecule has 0 radical (unpaired) electrons. The number of ether oxygens (including phenoxy) is 3. The molecule has 8 nitrogen and oxygen atoms in total. The topological polar surface area (TPSA) is 91.4 Å². The van der Waals surface area contributed by atoms with Crippen molar-refractivity contribution in [3.05, 3.63) is 58.1 Å². The first-order chi connectivity index (χ1) is 20.6. The molecule has 43 heavy (non-hydrogen) atoms. The molecule has 2 aliphatic carbocycles. The maximum atomic E-state index is 12.5. The number of methoxy groups -OCH3 is 2. The van der Waals surface area contributed by atoms with Gasteiger partial charge >= 0.3 is 5.97 Å². The number of carbonyl (C=O) groups is 1. The summed E-state index contributed by atoms with van der Waals surface area (Å²) in [7, 11) is -0.314. The molecule has 2 aromatic carbocycles. The third kappa shape index (κ3) is 8.04. The van der Waals surface area contributed by atoms with Crippen LogP contribution in [0.15, 0.2) is 36.4 Å². The molecule has 0 N–H and O–H groups in total. The Morgan fingerprint density at radius 2 is 1.88 bits per heavy atom. The summed E-state index contributed by atoms with van der Waals surface area (Å²) in [5.74, 6) is 1.39. The van der Waals surface area contributed by atoms with Crippen LogP contribution in [0.1, 0.15) is 72.9 Å². The maximum absolute atomic E-state index is 12.5. The number of rotatable bonds is 8. The summed E-state index contributed by atoms with van der Waals surface area (Å²) in [4.78, 5) is 14.9. The minimum absolute atomic E-state index is 0.0463. The van der Waals surface area contributed by atoms with Crippen molar-refractivity contribution in [2.24, 2.45) is 17.8 Å². The van der Waals surface area contributed by atoms with Crippen molar-refractivity contribution < 1.29 is 31.6 Å². The van der Waals surface area contributed by atoms with E-state index in [1.165, 1.54) is 12.7 Å². The Morgan fingerprint density at radius 1 is 1.05 bits per heavy atom. The number of fused-ring (bicyclic) bond motifs is 2. The number of nitrogens with zero attached hydrogens (tertiary/aromatic N) is 1. The summed E-state index contributed by atoms with van der Waals surface area (Å²) in [6.07, 6.45) is 9.37. The predicted molar refractivity (Wildman–Crippen MR) is 167 cm³/mol. The van der Waals surface area contributed by atoms with Crippen LogP contribution in [-0.2, 0) is 36.8 Å². The van der Waals surface area contributed by atoms with E-state index >= 15 is 0 Å². The van der Waals surface area contributed by atoms with E-state index in [1.54, 1.807) is 13.2 Å². The standard InChI is InChI=1S/C33H44ClNO7S/c1-39-32(23-8-6-9-28(18-23)42-43(3,37)38)29-14-11-25(29)20-35-16-5-4-7-22-17-27(34)13-10-26(22)21-41-31-15-12-24(19-30(31)35)33(36)40-2/h10,12-13,15,17,19,23,25,28-29,32H,4-9,11,14,16,18,20-21H2,1-3H3/t23-,25-,28-,29+,32-/m0/s1. The number of aryl methyl sites for hydroxylation is 1. The van der Waals surface area contributed by atoms with Crippen molar-refractivity contribution in [3.63, 3.8) is 0 Å². The lowest BCUT2D eigenvalue weighted by molar-refractivity contribution is -0.0693. The van der Waals surface area contributed by atoms with Gasteiger partial charge < -0.3 is 19.1 Å². The van der Waals surface area contributed by atoms with E-state index in [1.807, 2.05) is 30.3 Å². The van der Waals surface area contributed by atoms with Crippen molar-refractivity contribution in [2.75, 3.05) is 38.5 Å². The van der Waals surface area contributed by atoms with Crippen molar-refractivity contribution in [1.29, 1.82) is 0 Å². The highest BCUT2D eigenvalue weighted by Gasteiger charge is 2.43. The fraction of sp³-hybridized carbons (Fsp3) is 0.606. The number of benzene rings is 2. The van der Waals surface area contributed by atoms with Crippen molar-refractivity contribution in [1.82, 2.24) is 0 Å². The smallest absolute Gasteiger partial charge is 0.337 e.